The fraction of sp³-hybridized carbons (Fsp3) is 0.538. The van der Waals surface area contributed by atoms with Crippen molar-refractivity contribution >= 4 is 11.9 Å². The maximum Gasteiger partial charge on any atom is 0.338 e. The highest BCUT2D eigenvalue weighted by Crippen LogP contribution is 2.22. The second kappa shape index (κ2) is 5.05. The zero-order valence-electron chi connectivity index (χ0n) is 10.8. The molecule has 2 N–H and O–H groups in total. The summed E-state index contributed by atoms with van der Waals surface area (Å²) in [4.78, 5) is 24.5. The van der Waals surface area contributed by atoms with E-state index in [1.807, 2.05) is 0 Å². The quantitative estimate of drug-likeness (QED) is 0.844. The summed E-state index contributed by atoms with van der Waals surface area (Å²) in [7, 11) is 0. The van der Waals surface area contributed by atoms with Crippen molar-refractivity contribution in [1.29, 1.82) is 0 Å². The van der Waals surface area contributed by atoms with Crippen LogP contribution in [-0.2, 0) is 0 Å². The van der Waals surface area contributed by atoms with Gasteiger partial charge in [0.25, 0.3) is 5.91 Å². The lowest BCUT2D eigenvalue weighted by atomic mass is 9.98. The van der Waals surface area contributed by atoms with Crippen molar-refractivity contribution in [2.45, 2.75) is 31.8 Å². The molecule has 1 unspecified atom stereocenters. The molecule has 1 amide bonds. The molecule has 0 bridgehead atoms. The number of hydrogen-bond donors (Lipinski definition) is 2. The Morgan fingerprint density at radius 1 is 1.37 bits per heavy atom. The van der Waals surface area contributed by atoms with Gasteiger partial charge in [0.05, 0.1) is 11.2 Å². The van der Waals surface area contributed by atoms with Gasteiger partial charge >= 0.3 is 5.97 Å². The molecule has 1 aliphatic rings. The minimum Gasteiger partial charge on any atom is -0.478 e. The summed E-state index contributed by atoms with van der Waals surface area (Å²) in [6.45, 7) is 2.74. The smallest absolute Gasteiger partial charge is 0.338 e. The Hall–Kier alpha value is -1.82. The predicted molar refractivity (Wildman–Crippen MR) is 66.0 cm³/mol. The first-order chi connectivity index (χ1) is 8.89. The Morgan fingerprint density at radius 2 is 2.11 bits per heavy atom. The zero-order chi connectivity index (χ0) is 14.0. The van der Waals surface area contributed by atoms with E-state index in [4.69, 9.17) is 9.52 Å². The van der Waals surface area contributed by atoms with Crippen LogP contribution >= 0.6 is 0 Å². The number of carboxylic acid groups (broad SMARTS) is 1. The molecule has 1 aromatic rings. The molecule has 19 heavy (non-hydrogen) atoms. The van der Waals surface area contributed by atoms with Crippen LogP contribution in [0.4, 0.5) is 0 Å². The lowest BCUT2D eigenvalue weighted by Crippen LogP contribution is -2.33. The summed E-state index contributed by atoms with van der Waals surface area (Å²) >= 11 is 0. The highest BCUT2D eigenvalue weighted by molar-refractivity contribution is 5.95. The van der Waals surface area contributed by atoms with E-state index in [2.05, 4.69) is 0 Å². The van der Waals surface area contributed by atoms with Crippen LogP contribution in [0.25, 0.3) is 0 Å². The fourth-order valence-electron chi connectivity index (χ4n) is 2.18. The van der Waals surface area contributed by atoms with E-state index in [0.717, 1.165) is 6.26 Å². The van der Waals surface area contributed by atoms with Crippen molar-refractivity contribution in [3.05, 3.63) is 23.7 Å². The monoisotopic (exact) mass is 267 g/mol. The third-order valence-corrected chi connectivity index (χ3v) is 3.41. The van der Waals surface area contributed by atoms with Gasteiger partial charge in [-0.3, -0.25) is 4.79 Å². The van der Waals surface area contributed by atoms with Gasteiger partial charge in [0.2, 0.25) is 0 Å². The summed E-state index contributed by atoms with van der Waals surface area (Å²) in [5.41, 5.74) is -0.782. The molecule has 6 nitrogen and oxygen atoms in total. The number of rotatable bonds is 2. The zero-order valence-corrected chi connectivity index (χ0v) is 10.8. The molecule has 1 aromatic heterocycles. The van der Waals surface area contributed by atoms with Gasteiger partial charge in [-0.15, -0.1) is 0 Å². The van der Waals surface area contributed by atoms with Crippen LogP contribution in [0.5, 0.6) is 0 Å². The predicted octanol–water partition coefficient (Wildman–Crippen LogP) is 1.35. The molecule has 104 valence electrons. The molecular weight excluding hydrogens is 250 g/mol. The maximum atomic E-state index is 12.2. The number of carboxylic acids is 1. The first-order valence-electron chi connectivity index (χ1n) is 6.22. The highest BCUT2D eigenvalue weighted by atomic mass is 16.4. The Kier molecular flexibility index (Phi) is 3.61. The van der Waals surface area contributed by atoms with Crippen LogP contribution in [0.2, 0.25) is 0 Å². The first kappa shape index (κ1) is 13.6. The van der Waals surface area contributed by atoms with Crippen molar-refractivity contribution in [2.24, 2.45) is 0 Å². The van der Waals surface area contributed by atoms with Crippen molar-refractivity contribution in [1.82, 2.24) is 4.90 Å². The van der Waals surface area contributed by atoms with Crippen molar-refractivity contribution in [3.63, 3.8) is 0 Å². The van der Waals surface area contributed by atoms with Crippen LogP contribution in [0.15, 0.2) is 16.7 Å². The third kappa shape index (κ3) is 3.14. The number of nitrogens with zero attached hydrogens (tertiary/aromatic N) is 1. The van der Waals surface area contributed by atoms with Crippen LogP contribution in [0.3, 0.4) is 0 Å². The summed E-state index contributed by atoms with van der Waals surface area (Å²) in [5.74, 6) is -1.43. The Labute approximate surface area is 110 Å². The van der Waals surface area contributed by atoms with E-state index in [-0.39, 0.29) is 17.2 Å². The Morgan fingerprint density at radius 3 is 2.74 bits per heavy atom. The lowest BCUT2D eigenvalue weighted by Gasteiger charge is -2.21. The number of likely N-dealkylation sites (tertiary alicyclic amines) is 1. The Balaban J connectivity index is 2.08. The molecule has 0 saturated carbocycles. The molecule has 2 heterocycles. The standard InChI is InChI=1S/C13H17NO5/c1-13(18)3-2-5-14(6-4-13)11(15)10-7-9(8-19-10)12(16)17/h7-8,18H,2-6H2,1H3,(H,16,17). The fourth-order valence-corrected chi connectivity index (χ4v) is 2.18. The van der Waals surface area contributed by atoms with Gasteiger partial charge in [-0.1, -0.05) is 0 Å². The third-order valence-electron chi connectivity index (χ3n) is 3.41. The van der Waals surface area contributed by atoms with E-state index in [0.29, 0.717) is 32.4 Å². The first-order valence-corrected chi connectivity index (χ1v) is 6.22. The lowest BCUT2D eigenvalue weighted by molar-refractivity contribution is 0.0434. The number of aliphatic hydroxyl groups is 1. The normalized spacial score (nSPS) is 24.0. The van der Waals surface area contributed by atoms with Crippen molar-refractivity contribution in [2.75, 3.05) is 13.1 Å². The molecule has 0 spiro atoms. The molecule has 2 rings (SSSR count). The summed E-state index contributed by atoms with van der Waals surface area (Å²) in [6, 6.07) is 1.23. The van der Waals surface area contributed by atoms with E-state index in [1.165, 1.54) is 6.07 Å². The van der Waals surface area contributed by atoms with Crippen molar-refractivity contribution < 1.29 is 24.2 Å². The topological polar surface area (TPSA) is 91.0 Å². The second-order valence-corrected chi connectivity index (χ2v) is 5.15. The minimum atomic E-state index is -1.12. The van der Waals surface area contributed by atoms with Crippen LogP contribution in [-0.4, -0.2) is 45.7 Å². The van der Waals surface area contributed by atoms with Gasteiger partial charge < -0.3 is 19.5 Å². The summed E-state index contributed by atoms with van der Waals surface area (Å²) in [5, 5.41) is 18.7. The molecule has 0 aliphatic carbocycles. The number of carbonyl (C=O) groups excluding carboxylic acids is 1. The molecule has 1 aliphatic heterocycles. The molecule has 0 aromatic carbocycles. The average molecular weight is 267 g/mol. The van der Waals surface area contributed by atoms with Gasteiger partial charge in [-0.05, 0) is 26.2 Å². The van der Waals surface area contributed by atoms with Gasteiger partial charge in [-0.2, -0.15) is 0 Å². The van der Waals surface area contributed by atoms with E-state index in [1.54, 1.807) is 11.8 Å². The highest BCUT2D eigenvalue weighted by Gasteiger charge is 2.28. The average Bonchev–Trinajstić information content (AvgIpc) is 2.75. The van der Waals surface area contributed by atoms with Crippen LogP contribution in [0.1, 0.15) is 47.1 Å². The number of furan rings is 1. The summed E-state index contributed by atoms with van der Waals surface area (Å²) < 4.78 is 5.00. The van der Waals surface area contributed by atoms with Gasteiger partial charge in [0, 0.05) is 19.2 Å². The van der Waals surface area contributed by atoms with E-state index >= 15 is 0 Å². The second-order valence-electron chi connectivity index (χ2n) is 5.15. The van der Waals surface area contributed by atoms with Crippen molar-refractivity contribution in [3.8, 4) is 0 Å². The van der Waals surface area contributed by atoms with Gasteiger partial charge in [0.15, 0.2) is 5.76 Å². The largest absolute Gasteiger partial charge is 0.478 e. The SMILES string of the molecule is CC1(O)CCCN(C(=O)c2cc(C(=O)O)co2)CC1. The molecule has 6 heteroatoms. The molecular formula is C13H17NO5. The maximum absolute atomic E-state index is 12.2. The molecule has 1 fully saturated rings. The van der Waals surface area contributed by atoms with E-state index in [9.17, 15) is 14.7 Å². The minimum absolute atomic E-state index is 0.0268. The van der Waals surface area contributed by atoms with Crippen LogP contribution < -0.4 is 0 Å². The number of aromatic carboxylic acids is 1. The molecule has 1 saturated heterocycles. The Bertz CT molecular complexity index is 491. The molecule has 1 atom stereocenters. The van der Waals surface area contributed by atoms with Gasteiger partial charge in [-0.25, -0.2) is 4.79 Å². The van der Waals surface area contributed by atoms with Gasteiger partial charge in [0.1, 0.15) is 6.26 Å². The summed E-state index contributed by atoms with van der Waals surface area (Å²) in [6.07, 6.45) is 2.93. The number of carbonyl (C=O) groups is 2. The van der Waals surface area contributed by atoms with Crippen LogP contribution in [0, 0.1) is 0 Å². The number of amides is 1. The molecule has 0 radical (unpaired) electrons. The number of hydrogen-bond acceptors (Lipinski definition) is 4. The van der Waals surface area contributed by atoms with E-state index < -0.39 is 11.6 Å².